The van der Waals surface area contributed by atoms with Crippen molar-refractivity contribution < 1.29 is 14.2 Å². The first-order chi connectivity index (χ1) is 14.0. The zero-order valence-corrected chi connectivity index (χ0v) is 16.6. The van der Waals surface area contributed by atoms with E-state index in [0.29, 0.717) is 12.8 Å². The number of aryl methyl sites for hydroxylation is 1. The molecule has 2 aliphatic rings. The van der Waals surface area contributed by atoms with Crippen LogP contribution in [0.4, 0.5) is 4.39 Å². The zero-order chi connectivity index (χ0) is 20.0. The fourth-order valence-electron chi connectivity index (χ4n) is 4.38. The van der Waals surface area contributed by atoms with Crippen LogP contribution in [-0.2, 0) is 12.0 Å². The molecule has 2 aromatic heterocycles. The fraction of sp³-hybridized carbons (Fsp3) is 0.478. The Morgan fingerprint density at radius 3 is 2.52 bits per heavy atom. The van der Waals surface area contributed by atoms with Gasteiger partial charge in [-0.25, -0.2) is 4.39 Å². The Kier molecular flexibility index (Phi) is 4.54. The quantitative estimate of drug-likeness (QED) is 0.698. The third kappa shape index (κ3) is 3.62. The smallest absolute Gasteiger partial charge is 0.167 e. The SMILES string of the molecule is Cc1c(O[C@H]2CC[C@](O)(c3ccc(F)cc3)CC2)ccn2c(CC3CC3)nnc12. The van der Waals surface area contributed by atoms with Gasteiger partial charge in [-0.15, -0.1) is 10.2 Å². The lowest BCUT2D eigenvalue weighted by Gasteiger charge is -2.36. The molecule has 0 saturated heterocycles. The highest BCUT2D eigenvalue weighted by atomic mass is 19.1. The van der Waals surface area contributed by atoms with Gasteiger partial charge in [0.1, 0.15) is 17.4 Å². The minimum atomic E-state index is -0.905. The Balaban J connectivity index is 1.28. The predicted octanol–water partition coefficient (Wildman–Crippen LogP) is 4.34. The van der Waals surface area contributed by atoms with Crippen LogP contribution >= 0.6 is 0 Å². The minimum absolute atomic E-state index is 0.0470. The Morgan fingerprint density at radius 1 is 1.10 bits per heavy atom. The minimum Gasteiger partial charge on any atom is -0.490 e. The lowest BCUT2D eigenvalue weighted by atomic mass is 9.78. The second kappa shape index (κ2) is 7.10. The standard InChI is InChI=1S/C23H26FN3O2/c1-15-20(10-13-27-21(14-16-2-3-16)25-26-22(15)27)29-19-8-11-23(28,12-9-19)17-4-6-18(24)7-5-17/h4-7,10,13,16,19,28H,2-3,8-9,11-12,14H2,1H3/t19-,23+. The molecule has 1 N–H and O–H groups in total. The van der Waals surface area contributed by atoms with Gasteiger partial charge in [-0.3, -0.25) is 4.40 Å². The molecule has 29 heavy (non-hydrogen) atoms. The highest BCUT2D eigenvalue weighted by Gasteiger charge is 2.35. The second-order valence-electron chi connectivity index (χ2n) is 8.62. The summed E-state index contributed by atoms with van der Waals surface area (Å²) in [6.45, 7) is 2.03. The molecular formula is C23H26FN3O2. The largest absolute Gasteiger partial charge is 0.490 e. The van der Waals surface area contributed by atoms with Gasteiger partial charge in [-0.05, 0) is 75.1 Å². The number of pyridine rings is 1. The first-order valence-corrected chi connectivity index (χ1v) is 10.5. The first-order valence-electron chi connectivity index (χ1n) is 10.5. The van der Waals surface area contributed by atoms with Gasteiger partial charge in [0, 0.05) is 18.2 Å². The third-order valence-electron chi connectivity index (χ3n) is 6.45. The van der Waals surface area contributed by atoms with E-state index in [-0.39, 0.29) is 11.9 Å². The highest BCUT2D eigenvalue weighted by Crippen LogP contribution is 2.39. The van der Waals surface area contributed by atoms with E-state index >= 15 is 0 Å². The molecule has 0 amide bonds. The van der Waals surface area contributed by atoms with Crippen molar-refractivity contribution in [2.24, 2.45) is 5.92 Å². The lowest BCUT2D eigenvalue weighted by Crippen LogP contribution is -2.35. The van der Waals surface area contributed by atoms with Gasteiger partial charge in [-0.2, -0.15) is 0 Å². The van der Waals surface area contributed by atoms with Crippen LogP contribution in [0.5, 0.6) is 5.75 Å². The van der Waals surface area contributed by atoms with Gasteiger partial charge in [0.15, 0.2) is 5.65 Å². The van der Waals surface area contributed by atoms with Crippen LogP contribution in [0.1, 0.15) is 55.5 Å². The van der Waals surface area contributed by atoms with Gasteiger partial charge in [0.05, 0.1) is 11.7 Å². The number of rotatable bonds is 5. The van der Waals surface area contributed by atoms with Gasteiger partial charge >= 0.3 is 0 Å². The number of nitrogens with zero attached hydrogens (tertiary/aromatic N) is 3. The van der Waals surface area contributed by atoms with Crippen LogP contribution in [0.15, 0.2) is 36.5 Å². The number of hydrogen-bond acceptors (Lipinski definition) is 4. The topological polar surface area (TPSA) is 59.7 Å². The second-order valence-corrected chi connectivity index (χ2v) is 8.62. The normalized spacial score (nSPS) is 24.7. The lowest BCUT2D eigenvalue weighted by molar-refractivity contribution is -0.0304. The molecule has 2 fully saturated rings. The maximum atomic E-state index is 13.2. The summed E-state index contributed by atoms with van der Waals surface area (Å²) in [5.74, 6) is 2.34. The Hall–Kier alpha value is -2.47. The third-order valence-corrected chi connectivity index (χ3v) is 6.45. The van der Waals surface area contributed by atoms with E-state index in [1.807, 2.05) is 19.2 Å². The van der Waals surface area contributed by atoms with Gasteiger partial charge in [0.25, 0.3) is 0 Å². The van der Waals surface area contributed by atoms with E-state index in [1.54, 1.807) is 12.1 Å². The predicted molar refractivity (Wildman–Crippen MR) is 107 cm³/mol. The van der Waals surface area contributed by atoms with Crippen LogP contribution in [-0.4, -0.2) is 25.8 Å². The van der Waals surface area contributed by atoms with Crippen molar-refractivity contribution in [1.29, 1.82) is 0 Å². The summed E-state index contributed by atoms with van der Waals surface area (Å²) < 4.78 is 21.6. The van der Waals surface area contributed by atoms with Crippen LogP contribution in [0.2, 0.25) is 0 Å². The van der Waals surface area contributed by atoms with Crippen LogP contribution < -0.4 is 4.74 Å². The summed E-state index contributed by atoms with van der Waals surface area (Å²) in [6.07, 6.45) is 8.32. The number of aliphatic hydroxyl groups is 1. The highest BCUT2D eigenvalue weighted by molar-refractivity contribution is 5.54. The Bertz CT molecular complexity index is 1020. The summed E-state index contributed by atoms with van der Waals surface area (Å²) in [5, 5.41) is 19.8. The van der Waals surface area contributed by atoms with Crippen molar-refractivity contribution in [3.8, 4) is 5.75 Å². The molecule has 2 saturated carbocycles. The molecule has 6 heteroatoms. The molecule has 0 radical (unpaired) electrons. The molecule has 0 bridgehead atoms. The molecular weight excluding hydrogens is 369 g/mol. The van der Waals surface area contributed by atoms with E-state index in [2.05, 4.69) is 14.6 Å². The number of ether oxygens (including phenoxy) is 1. The Morgan fingerprint density at radius 2 is 1.83 bits per heavy atom. The first kappa shape index (κ1) is 18.6. The van der Waals surface area contributed by atoms with Gasteiger partial charge < -0.3 is 9.84 Å². The molecule has 0 aliphatic heterocycles. The summed E-state index contributed by atoms with van der Waals surface area (Å²) in [6, 6.07) is 8.18. The van der Waals surface area contributed by atoms with Crippen molar-refractivity contribution in [3.05, 3.63) is 59.3 Å². The van der Waals surface area contributed by atoms with Gasteiger partial charge in [0.2, 0.25) is 0 Å². The number of benzene rings is 1. The van der Waals surface area contributed by atoms with E-state index in [0.717, 1.165) is 53.5 Å². The summed E-state index contributed by atoms with van der Waals surface area (Å²) in [7, 11) is 0. The summed E-state index contributed by atoms with van der Waals surface area (Å²) in [5.41, 5.74) is 1.73. The average Bonchev–Trinajstić information content (AvgIpc) is 3.44. The monoisotopic (exact) mass is 395 g/mol. The number of fused-ring (bicyclic) bond motifs is 1. The van der Waals surface area contributed by atoms with Crippen molar-refractivity contribution >= 4 is 5.65 Å². The van der Waals surface area contributed by atoms with E-state index < -0.39 is 5.60 Å². The maximum Gasteiger partial charge on any atom is 0.167 e. The van der Waals surface area contributed by atoms with Gasteiger partial charge in [-0.1, -0.05) is 12.1 Å². The molecule has 5 rings (SSSR count). The average molecular weight is 395 g/mol. The molecule has 2 aliphatic carbocycles. The van der Waals surface area contributed by atoms with Crippen LogP contribution in [0.25, 0.3) is 5.65 Å². The number of aromatic nitrogens is 3. The van der Waals surface area contributed by atoms with E-state index in [1.165, 1.54) is 25.0 Å². The molecule has 0 unspecified atom stereocenters. The number of hydrogen-bond donors (Lipinski definition) is 1. The molecule has 5 nitrogen and oxygen atoms in total. The maximum absolute atomic E-state index is 13.2. The van der Waals surface area contributed by atoms with Crippen molar-refractivity contribution in [3.63, 3.8) is 0 Å². The van der Waals surface area contributed by atoms with Crippen LogP contribution in [0.3, 0.4) is 0 Å². The zero-order valence-electron chi connectivity index (χ0n) is 16.6. The van der Waals surface area contributed by atoms with E-state index in [4.69, 9.17) is 4.74 Å². The van der Waals surface area contributed by atoms with Crippen molar-refractivity contribution in [1.82, 2.24) is 14.6 Å². The molecule has 2 heterocycles. The fourth-order valence-corrected chi connectivity index (χ4v) is 4.38. The molecule has 152 valence electrons. The molecule has 3 aromatic rings. The molecule has 0 spiro atoms. The van der Waals surface area contributed by atoms with Crippen molar-refractivity contribution in [2.45, 2.75) is 63.6 Å². The molecule has 0 atom stereocenters. The summed E-state index contributed by atoms with van der Waals surface area (Å²) in [4.78, 5) is 0. The van der Waals surface area contributed by atoms with Crippen molar-refractivity contribution in [2.75, 3.05) is 0 Å². The summed E-state index contributed by atoms with van der Waals surface area (Å²) >= 11 is 0. The Labute approximate surface area is 169 Å². The van der Waals surface area contributed by atoms with Crippen LogP contribution in [0, 0.1) is 18.7 Å². The molecule has 1 aromatic carbocycles. The number of halogens is 1. The van der Waals surface area contributed by atoms with E-state index in [9.17, 15) is 9.50 Å².